The second kappa shape index (κ2) is 5.87. The smallest absolute Gasteiger partial charge is 0.123 e. The molecule has 1 atom stereocenters. The number of rotatable bonds is 3. The minimum atomic E-state index is -0.199. The number of aliphatic hydroxyl groups is 1. The zero-order chi connectivity index (χ0) is 11.5. The van der Waals surface area contributed by atoms with Crippen LogP contribution < -0.4 is 5.73 Å². The first-order valence-electron chi connectivity index (χ1n) is 5.31. The first-order chi connectivity index (χ1) is 7.74. The summed E-state index contributed by atoms with van der Waals surface area (Å²) in [6.07, 6.45) is 0.523. The molecule has 0 fully saturated rings. The number of fused-ring (bicyclic) bond motifs is 1. The first kappa shape index (κ1) is 13.8. The highest BCUT2D eigenvalue weighted by Crippen LogP contribution is 2.30. The highest BCUT2D eigenvalue weighted by atomic mass is 35.5. The molecule has 0 spiro atoms. The van der Waals surface area contributed by atoms with Crippen LogP contribution in [0.1, 0.15) is 18.0 Å². The van der Waals surface area contributed by atoms with E-state index in [-0.39, 0.29) is 30.8 Å². The number of phenols is 1. The molecule has 2 aromatic rings. The van der Waals surface area contributed by atoms with Crippen LogP contribution in [0.2, 0.25) is 0 Å². The van der Waals surface area contributed by atoms with Gasteiger partial charge in [-0.05, 0) is 23.4 Å². The topological polar surface area (TPSA) is 66.5 Å². The number of nitrogens with two attached hydrogens (primary N) is 1. The van der Waals surface area contributed by atoms with Gasteiger partial charge in [0.05, 0.1) is 0 Å². The number of hydrogen-bond donors (Lipinski definition) is 3. The van der Waals surface area contributed by atoms with E-state index in [0.717, 1.165) is 16.3 Å². The zero-order valence-corrected chi connectivity index (χ0v) is 10.2. The summed E-state index contributed by atoms with van der Waals surface area (Å²) in [5, 5.41) is 20.4. The molecule has 92 valence electrons. The fourth-order valence-corrected chi connectivity index (χ4v) is 1.92. The van der Waals surface area contributed by atoms with Crippen molar-refractivity contribution in [2.24, 2.45) is 5.73 Å². The Bertz CT molecular complexity index is 502. The number of benzene rings is 2. The lowest BCUT2D eigenvalue weighted by atomic mass is 9.97. The third-order valence-corrected chi connectivity index (χ3v) is 2.77. The third kappa shape index (κ3) is 2.69. The first-order valence-corrected chi connectivity index (χ1v) is 5.31. The van der Waals surface area contributed by atoms with E-state index in [1.165, 1.54) is 0 Å². The molecule has 1 unspecified atom stereocenters. The molecular weight excluding hydrogens is 238 g/mol. The summed E-state index contributed by atoms with van der Waals surface area (Å²) in [5.74, 6) is 0.260. The summed E-state index contributed by atoms with van der Waals surface area (Å²) < 4.78 is 0. The van der Waals surface area contributed by atoms with Crippen molar-refractivity contribution in [3.05, 3.63) is 42.0 Å². The molecular formula is C13H16ClNO2. The molecule has 0 aromatic heterocycles. The normalized spacial score (nSPS) is 12.1. The summed E-state index contributed by atoms with van der Waals surface area (Å²) in [4.78, 5) is 0. The van der Waals surface area contributed by atoms with E-state index in [0.29, 0.717) is 6.42 Å². The Hall–Kier alpha value is -1.29. The van der Waals surface area contributed by atoms with E-state index in [4.69, 9.17) is 10.8 Å². The number of halogens is 1. The van der Waals surface area contributed by atoms with Crippen LogP contribution in [0.15, 0.2) is 36.4 Å². The van der Waals surface area contributed by atoms with Crippen LogP contribution in [-0.4, -0.2) is 16.8 Å². The summed E-state index contributed by atoms with van der Waals surface area (Å²) >= 11 is 0. The molecule has 0 radical (unpaired) electrons. The van der Waals surface area contributed by atoms with Crippen molar-refractivity contribution in [2.45, 2.75) is 12.5 Å². The zero-order valence-electron chi connectivity index (χ0n) is 9.34. The Balaban J connectivity index is 0.00000144. The Labute approximate surface area is 106 Å². The Morgan fingerprint density at radius 3 is 2.35 bits per heavy atom. The summed E-state index contributed by atoms with van der Waals surface area (Å²) in [6.45, 7) is 0.0658. The number of hydrogen-bond acceptors (Lipinski definition) is 3. The molecule has 0 bridgehead atoms. The van der Waals surface area contributed by atoms with Gasteiger partial charge in [-0.3, -0.25) is 0 Å². The van der Waals surface area contributed by atoms with Crippen molar-refractivity contribution in [2.75, 3.05) is 6.61 Å². The van der Waals surface area contributed by atoms with E-state index >= 15 is 0 Å². The van der Waals surface area contributed by atoms with Crippen LogP contribution in [0, 0.1) is 0 Å². The molecule has 2 aromatic carbocycles. The van der Waals surface area contributed by atoms with E-state index in [1.54, 1.807) is 6.07 Å². The van der Waals surface area contributed by atoms with Gasteiger partial charge in [0.15, 0.2) is 0 Å². The predicted molar refractivity (Wildman–Crippen MR) is 71.5 cm³/mol. The van der Waals surface area contributed by atoms with Gasteiger partial charge in [-0.15, -0.1) is 12.4 Å². The molecule has 17 heavy (non-hydrogen) atoms. The van der Waals surface area contributed by atoms with Gasteiger partial charge in [0, 0.05) is 18.0 Å². The second-order valence-corrected chi connectivity index (χ2v) is 3.84. The average molecular weight is 254 g/mol. The molecule has 0 amide bonds. The number of aromatic hydroxyl groups is 1. The average Bonchev–Trinajstić information content (AvgIpc) is 2.30. The molecule has 0 saturated heterocycles. The Kier molecular flexibility index (Phi) is 4.75. The lowest BCUT2D eigenvalue weighted by Gasteiger charge is -2.14. The molecule has 0 aliphatic heterocycles. The van der Waals surface area contributed by atoms with Gasteiger partial charge in [-0.2, -0.15) is 0 Å². The highest BCUT2D eigenvalue weighted by Gasteiger charge is 2.10. The van der Waals surface area contributed by atoms with Gasteiger partial charge in [0.1, 0.15) is 5.75 Å². The van der Waals surface area contributed by atoms with Gasteiger partial charge in [0.25, 0.3) is 0 Å². The third-order valence-electron chi connectivity index (χ3n) is 2.77. The van der Waals surface area contributed by atoms with Crippen LogP contribution in [0.3, 0.4) is 0 Å². The van der Waals surface area contributed by atoms with Gasteiger partial charge in [-0.1, -0.05) is 30.3 Å². The van der Waals surface area contributed by atoms with E-state index in [1.807, 2.05) is 30.3 Å². The van der Waals surface area contributed by atoms with Crippen molar-refractivity contribution >= 4 is 23.2 Å². The van der Waals surface area contributed by atoms with Crippen LogP contribution in [0.25, 0.3) is 10.8 Å². The van der Waals surface area contributed by atoms with Crippen molar-refractivity contribution in [1.82, 2.24) is 0 Å². The molecule has 0 aliphatic carbocycles. The summed E-state index contributed by atoms with van der Waals surface area (Å²) in [6, 6.07) is 10.9. The maximum atomic E-state index is 9.72. The fraction of sp³-hybridized carbons (Fsp3) is 0.231. The predicted octanol–water partition coefficient (Wildman–Crippen LogP) is 2.35. The highest BCUT2D eigenvalue weighted by molar-refractivity contribution is 5.91. The van der Waals surface area contributed by atoms with Crippen LogP contribution in [0.5, 0.6) is 5.75 Å². The largest absolute Gasteiger partial charge is 0.507 e. The quantitative estimate of drug-likeness (QED) is 0.787. The SMILES string of the molecule is Cl.NC(CCO)c1ccc(O)c2ccccc12. The van der Waals surface area contributed by atoms with Gasteiger partial charge >= 0.3 is 0 Å². The Morgan fingerprint density at radius 1 is 1.06 bits per heavy atom. The van der Waals surface area contributed by atoms with Gasteiger partial charge < -0.3 is 15.9 Å². The van der Waals surface area contributed by atoms with Crippen molar-refractivity contribution in [3.8, 4) is 5.75 Å². The van der Waals surface area contributed by atoms with Crippen LogP contribution in [-0.2, 0) is 0 Å². The van der Waals surface area contributed by atoms with Crippen molar-refractivity contribution in [3.63, 3.8) is 0 Å². The van der Waals surface area contributed by atoms with E-state index in [9.17, 15) is 5.11 Å². The van der Waals surface area contributed by atoms with E-state index in [2.05, 4.69) is 0 Å². The van der Waals surface area contributed by atoms with Crippen molar-refractivity contribution < 1.29 is 10.2 Å². The molecule has 3 nitrogen and oxygen atoms in total. The Morgan fingerprint density at radius 2 is 1.71 bits per heavy atom. The second-order valence-electron chi connectivity index (χ2n) is 3.84. The maximum Gasteiger partial charge on any atom is 0.123 e. The minimum absolute atomic E-state index is 0. The lowest BCUT2D eigenvalue weighted by Crippen LogP contribution is -2.12. The molecule has 4 heteroatoms. The maximum absolute atomic E-state index is 9.72. The minimum Gasteiger partial charge on any atom is -0.507 e. The summed E-state index contributed by atoms with van der Waals surface area (Å²) in [5.41, 5.74) is 6.94. The van der Waals surface area contributed by atoms with Crippen molar-refractivity contribution in [1.29, 1.82) is 0 Å². The fourth-order valence-electron chi connectivity index (χ4n) is 1.92. The number of aliphatic hydroxyl groups excluding tert-OH is 1. The monoisotopic (exact) mass is 253 g/mol. The van der Waals surface area contributed by atoms with Crippen LogP contribution >= 0.6 is 12.4 Å². The van der Waals surface area contributed by atoms with Crippen LogP contribution in [0.4, 0.5) is 0 Å². The standard InChI is InChI=1S/C13H15NO2.ClH/c14-12(7-8-15)10-5-6-13(16)11-4-2-1-3-9(10)11;/h1-6,12,15-16H,7-8,14H2;1H. The molecule has 2 rings (SSSR count). The molecule has 4 N–H and O–H groups in total. The van der Waals surface area contributed by atoms with Gasteiger partial charge in [0.2, 0.25) is 0 Å². The summed E-state index contributed by atoms with van der Waals surface area (Å²) in [7, 11) is 0. The molecule has 0 aliphatic rings. The number of phenolic OH excluding ortho intramolecular Hbond substituents is 1. The molecule has 0 saturated carbocycles. The molecule has 0 heterocycles. The lowest BCUT2D eigenvalue weighted by molar-refractivity contribution is 0.277. The van der Waals surface area contributed by atoms with Gasteiger partial charge in [-0.25, -0.2) is 0 Å². The van der Waals surface area contributed by atoms with E-state index < -0.39 is 0 Å².